The van der Waals surface area contributed by atoms with Gasteiger partial charge in [-0.25, -0.2) is 13.4 Å². The van der Waals surface area contributed by atoms with Crippen LogP contribution in [0.4, 0.5) is 5.82 Å². The highest BCUT2D eigenvalue weighted by Crippen LogP contribution is 2.41. The highest BCUT2D eigenvalue weighted by molar-refractivity contribution is 7.92. The number of aromatic nitrogens is 3. The lowest BCUT2D eigenvalue weighted by atomic mass is 9.77. The fourth-order valence-corrected chi connectivity index (χ4v) is 4.21. The Hall–Kier alpha value is -3.58. The fraction of sp³-hybridized carbons (Fsp3) is 0.125. The number of sulfonamides is 1. The van der Waals surface area contributed by atoms with Crippen LogP contribution in [0.1, 0.15) is 34.4 Å². The van der Waals surface area contributed by atoms with Crippen LogP contribution in [0.15, 0.2) is 97.5 Å². The van der Waals surface area contributed by atoms with E-state index in [2.05, 4.69) is 31.8 Å². The van der Waals surface area contributed by atoms with Gasteiger partial charge >= 0.3 is 0 Å². The highest BCUT2D eigenvalue weighted by atomic mass is 32.2. The van der Waals surface area contributed by atoms with Crippen molar-refractivity contribution in [1.29, 1.82) is 0 Å². The van der Waals surface area contributed by atoms with Gasteiger partial charge in [0.05, 0.1) is 11.9 Å². The van der Waals surface area contributed by atoms with Crippen molar-refractivity contribution in [2.45, 2.75) is 11.8 Å². The molecule has 0 radical (unpaired) electrons. The van der Waals surface area contributed by atoms with E-state index in [1.54, 1.807) is 24.5 Å². The van der Waals surface area contributed by atoms with Gasteiger partial charge in [-0.3, -0.25) is 14.7 Å². The smallest absolute Gasteiger partial charge is 0.230 e. The molecule has 2 atom stereocenters. The Bertz CT molecular complexity index is 1190. The second-order valence-electron chi connectivity index (χ2n) is 7.23. The van der Waals surface area contributed by atoms with Gasteiger partial charge in [0.25, 0.3) is 0 Å². The highest BCUT2D eigenvalue weighted by Gasteiger charge is 2.30. The minimum Gasteiger partial charge on any atom is -0.268 e. The lowest BCUT2D eigenvalue weighted by Crippen LogP contribution is -2.18. The molecule has 2 unspecified atom stereocenters. The van der Waals surface area contributed by atoms with Crippen molar-refractivity contribution in [1.82, 2.24) is 15.0 Å². The molecule has 0 bridgehead atoms. The number of benzene rings is 1. The number of anilines is 1. The van der Waals surface area contributed by atoms with Gasteiger partial charge < -0.3 is 0 Å². The van der Waals surface area contributed by atoms with E-state index < -0.39 is 10.0 Å². The third kappa shape index (κ3) is 5.13. The molecule has 0 fully saturated rings. The van der Waals surface area contributed by atoms with Crippen molar-refractivity contribution in [3.05, 3.63) is 120 Å². The number of hydrogen-bond donors (Lipinski definition) is 1. The van der Waals surface area contributed by atoms with Crippen molar-refractivity contribution in [2.24, 2.45) is 0 Å². The summed E-state index contributed by atoms with van der Waals surface area (Å²) >= 11 is 0. The Morgan fingerprint density at radius 1 is 0.742 bits per heavy atom. The summed E-state index contributed by atoms with van der Waals surface area (Å²) in [6.45, 7) is 0. The molecule has 0 amide bonds. The van der Waals surface area contributed by atoms with Gasteiger partial charge in [0, 0.05) is 36.1 Å². The molecule has 3 heterocycles. The standard InChI is InChI=1S/C24H22N4O2S/c1-31(29,30)28-22-14-7-13-21(27-22)24(19-11-8-15-25-17-19)23(18-9-3-2-4-10-18)20-12-5-6-16-26-20/h2-17,23-24H,1H3,(H,27,28). The van der Waals surface area contributed by atoms with Crippen molar-refractivity contribution in [3.8, 4) is 0 Å². The maximum atomic E-state index is 11.8. The summed E-state index contributed by atoms with van der Waals surface area (Å²) in [5.74, 6) is -0.0957. The summed E-state index contributed by atoms with van der Waals surface area (Å²) in [4.78, 5) is 13.6. The Morgan fingerprint density at radius 2 is 1.45 bits per heavy atom. The van der Waals surface area contributed by atoms with E-state index in [1.165, 1.54) is 0 Å². The largest absolute Gasteiger partial charge is 0.268 e. The molecule has 3 aromatic heterocycles. The zero-order valence-electron chi connectivity index (χ0n) is 17.0. The monoisotopic (exact) mass is 430 g/mol. The molecule has 156 valence electrons. The van der Waals surface area contributed by atoms with E-state index in [0.29, 0.717) is 0 Å². The van der Waals surface area contributed by atoms with Crippen LogP contribution < -0.4 is 4.72 Å². The molecule has 0 spiro atoms. The van der Waals surface area contributed by atoms with Crippen LogP contribution in [0, 0.1) is 0 Å². The third-order valence-electron chi connectivity index (χ3n) is 4.92. The molecule has 4 aromatic rings. The van der Waals surface area contributed by atoms with Gasteiger partial charge in [-0.05, 0) is 41.5 Å². The number of hydrogen-bond acceptors (Lipinski definition) is 5. The summed E-state index contributed by atoms with van der Waals surface area (Å²) in [6.07, 6.45) is 6.44. The average molecular weight is 431 g/mol. The molecule has 1 N–H and O–H groups in total. The van der Waals surface area contributed by atoms with Gasteiger partial charge in [0.15, 0.2) is 0 Å². The fourth-order valence-electron chi connectivity index (χ4n) is 3.72. The predicted octanol–water partition coefficient (Wildman–Crippen LogP) is 4.21. The van der Waals surface area contributed by atoms with E-state index >= 15 is 0 Å². The Kier molecular flexibility index (Phi) is 6.04. The Morgan fingerprint density at radius 3 is 2.13 bits per heavy atom. The molecule has 0 aliphatic carbocycles. The van der Waals surface area contributed by atoms with Gasteiger partial charge in [-0.2, -0.15) is 0 Å². The normalized spacial score (nSPS) is 13.3. The molecule has 31 heavy (non-hydrogen) atoms. The minimum absolute atomic E-state index is 0.146. The molecular weight excluding hydrogens is 408 g/mol. The first-order chi connectivity index (χ1) is 15.0. The summed E-state index contributed by atoms with van der Waals surface area (Å²) in [5.41, 5.74) is 3.66. The van der Waals surface area contributed by atoms with Crippen LogP contribution in [0.5, 0.6) is 0 Å². The molecule has 7 heteroatoms. The maximum Gasteiger partial charge on any atom is 0.230 e. The first kappa shape index (κ1) is 20.7. The summed E-state index contributed by atoms with van der Waals surface area (Å²) < 4.78 is 26.0. The molecule has 0 aliphatic heterocycles. The topological polar surface area (TPSA) is 84.8 Å². The molecule has 0 saturated heterocycles. The van der Waals surface area contributed by atoms with Crippen LogP contribution in [0.3, 0.4) is 0 Å². The number of pyridine rings is 3. The van der Waals surface area contributed by atoms with Crippen LogP contribution >= 0.6 is 0 Å². The number of rotatable bonds is 7. The second-order valence-corrected chi connectivity index (χ2v) is 8.98. The molecule has 0 aliphatic rings. The SMILES string of the molecule is CS(=O)(=O)Nc1cccc(C(c2cccnc2)C(c2ccccc2)c2ccccn2)n1. The van der Waals surface area contributed by atoms with Gasteiger partial charge in [0.2, 0.25) is 10.0 Å². The maximum absolute atomic E-state index is 11.8. The summed E-state index contributed by atoms with van der Waals surface area (Å²) in [7, 11) is -3.45. The second kappa shape index (κ2) is 9.06. The quantitative estimate of drug-likeness (QED) is 0.475. The summed E-state index contributed by atoms with van der Waals surface area (Å²) in [5, 5.41) is 0. The van der Waals surface area contributed by atoms with Crippen LogP contribution in [-0.2, 0) is 10.0 Å². The Balaban J connectivity index is 1.91. The van der Waals surface area contributed by atoms with E-state index in [0.717, 1.165) is 28.8 Å². The van der Waals surface area contributed by atoms with Gasteiger partial charge in [-0.15, -0.1) is 0 Å². The first-order valence-corrected chi connectivity index (χ1v) is 11.7. The molecule has 0 saturated carbocycles. The minimum atomic E-state index is -3.45. The number of nitrogens with zero attached hydrogens (tertiary/aromatic N) is 3. The van der Waals surface area contributed by atoms with E-state index in [-0.39, 0.29) is 17.7 Å². The lowest BCUT2D eigenvalue weighted by Gasteiger charge is -2.27. The van der Waals surface area contributed by atoms with Crippen LogP contribution in [0.2, 0.25) is 0 Å². The first-order valence-electron chi connectivity index (χ1n) is 9.82. The van der Waals surface area contributed by atoms with Crippen molar-refractivity contribution < 1.29 is 8.42 Å². The zero-order valence-corrected chi connectivity index (χ0v) is 17.8. The van der Waals surface area contributed by atoms with Crippen molar-refractivity contribution in [2.75, 3.05) is 11.0 Å². The molecular formula is C24H22N4O2S. The molecule has 4 rings (SSSR count). The van der Waals surface area contributed by atoms with Gasteiger partial charge in [0.1, 0.15) is 5.82 Å². The van der Waals surface area contributed by atoms with Crippen molar-refractivity contribution in [3.63, 3.8) is 0 Å². The molecule has 6 nitrogen and oxygen atoms in total. The summed E-state index contributed by atoms with van der Waals surface area (Å²) in [6, 6.07) is 25.2. The van der Waals surface area contributed by atoms with Crippen LogP contribution in [0.25, 0.3) is 0 Å². The third-order valence-corrected chi connectivity index (χ3v) is 5.50. The van der Waals surface area contributed by atoms with Crippen molar-refractivity contribution >= 4 is 15.8 Å². The van der Waals surface area contributed by atoms with E-state index in [1.807, 2.05) is 60.8 Å². The molecule has 1 aromatic carbocycles. The Labute approximate surface area is 182 Å². The lowest BCUT2D eigenvalue weighted by molar-refractivity contribution is 0.606. The van der Waals surface area contributed by atoms with E-state index in [9.17, 15) is 8.42 Å². The predicted molar refractivity (Wildman–Crippen MR) is 121 cm³/mol. The number of nitrogens with one attached hydrogen (secondary N) is 1. The average Bonchev–Trinajstić information content (AvgIpc) is 2.78. The zero-order chi connectivity index (χ0) is 21.7. The van der Waals surface area contributed by atoms with Gasteiger partial charge in [-0.1, -0.05) is 48.5 Å². The van der Waals surface area contributed by atoms with E-state index in [4.69, 9.17) is 0 Å². The van der Waals surface area contributed by atoms with Crippen LogP contribution in [-0.4, -0.2) is 29.6 Å².